The van der Waals surface area contributed by atoms with Crippen LogP contribution in [-0.4, -0.2) is 17.2 Å². The molecular formula is C12H17NO. The number of phenols is 1. The zero-order valence-corrected chi connectivity index (χ0v) is 8.53. The van der Waals surface area contributed by atoms with Gasteiger partial charge < -0.3 is 10.4 Å². The summed E-state index contributed by atoms with van der Waals surface area (Å²) in [6, 6.07) is 8.77. The minimum atomic E-state index is 0.344. The lowest BCUT2D eigenvalue weighted by atomic mass is 10.1. The van der Waals surface area contributed by atoms with Crippen LogP contribution in [0.1, 0.15) is 25.3 Å². The molecule has 1 fully saturated rings. The van der Waals surface area contributed by atoms with Gasteiger partial charge in [0.1, 0.15) is 5.75 Å². The number of nitrogens with one attached hydrogen (secondary N) is 1. The highest BCUT2D eigenvalue weighted by Crippen LogP contribution is 2.20. The molecule has 1 unspecified atom stereocenters. The third kappa shape index (κ3) is 2.74. The summed E-state index contributed by atoms with van der Waals surface area (Å²) in [5.41, 5.74) is 1.28. The van der Waals surface area contributed by atoms with Crippen molar-refractivity contribution in [2.75, 3.05) is 0 Å². The molecule has 0 heterocycles. The molecule has 1 aromatic carbocycles. The van der Waals surface area contributed by atoms with E-state index in [2.05, 4.69) is 12.2 Å². The molecule has 76 valence electrons. The maximum atomic E-state index is 9.13. The van der Waals surface area contributed by atoms with Gasteiger partial charge in [-0.15, -0.1) is 0 Å². The lowest BCUT2D eigenvalue weighted by Crippen LogP contribution is -2.29. The Kier molecular flexibility index (Phi) is 2.73. The summed E-state index contributed by atoms with van der Waals surface area (Å²) in [5, 5.41) is 12.7. The van der Waals surface area contributed by atoms with Gasteiger partial charge in [-0.25, -0.2) is 0 Å². The zero-order chi connectivity index (χ0) is 9.97. The van der Waals surface area contributed by atoms with Gasteiger partial charge >= 0.3 is 0 Å². The first-order chi connectivity index (χ1) is 6.74. The van der Waals surface area contributed by atoms with Crippen molar-refractivity contribution in [1.82, 2.24) is 5.32 Å². The number of phenolic OH excluding ortho intramolecular Hbond substituents is 1. The van der Waals surface area contributed by atoms with Crippen LogP contribution in [0.2, 0.25) is 0 Å². The first-order valence-corrected chi connectivity index (χ1v) is 5.28. The van der Waals surface area contributed by atoms with Gasteiger partial charge in [-0.1, -0.05) is 12.1 Å². The van der Waals surface area contributed by atoms with Crippen LogP contribution in [-0.2, 0) is 6.42 Å². The van der Waals surface area contributed by atoms with Crippen LogP contribution < -0.4 is 5.32 Å². The first-order valence-electron chi connectivity index (χ1n) is 5.28. The first kappa shape index (κ1) is 9.53. The largest absolute Gasteiger partial charge is 0.508 e. The molecule has 1 aromatic rings. The molecule has 2 nitrogen and oxygen atoms in total. The number of hydrogen-bond acceptors (Lipinski definition) is 2. The van der Waals surface area contributed by atoms with E-state index in [1.54, 1.807) is 12.1 Å². The molecule has 0 radical (unpaired) electrons. The van der Waals surface area contributed by atoms with Crippen molar-refractivity contribution in [3.63, 3.8) is 0 Å². The molecule has 14 heavy (non-hydrogen) atoms. The Morgan fingerprint density at radius 2 is 2.00 bits per heavy atom. The Labute approximate surface area is 85.0 Å². The molecule has 1 saturated carbocycles. The summed E-state index contributed by atoms with van der Waals surface area (Å²) in [6.07, 6.45) is 3.70. The molecule has 0 amide bonds. The Hall–Kier alpha value is -1.02. The Balaban J connectivity index is 1.85. The van der Waals surface area contributed by atoms with Crippen molar-refractivity contribution in [2.45, 2.75) is 38.3 Å². The summed E-state index contributed by atoms with van der Waals surface area (Å²) >= 11 is 0. The molecule has 1 aliphatic carbocycles. The minimum absolute atomic E-state index is 0.344. The molecule has 2 N–H and O–H groups in total. The van der Waals surface area contributed by atoms with Crippen molar-refractivity contribution in [3.8, 4) is 5.75 Å². The second kappa shape index (κ2) is 4.01. The quantitative estimate of drug-likeness (QED) is 0.763. The van der Waals surface area contributed by atoms with Gasteiger partial charge in [-0.3, -0.25) is 0 Å². The summed E-state index contributed by atoms with van der Waals surface area (Å²) in [4.78, 5) is 0. The third-order valence-corrected chi connectivity index (χ3v) is 2.58. The standard InChI is InChI=1S/C12H17NO/c1-9(13-11-4-5-11)8-10-2-6-12(14)7-3-10/h2-3,6-7,9,11,13-14H,4-5,8H2,1H3. The molecular weight excluding hydrogens is 174 g/mol. The fourth-order valence-corrected chi connectivity index (χ4v) is 1.70. The molecule has 2 heteroatoms. The van der Waals surface area contributed by atoms with E-state index in [-0.39, 0.29) is 0 Å². The predicted molar refractivity (Wildman–Crippen MR) is 57.4 cm³/mol. The highest BCUT2D eigenvalue weighted by Gasteiger charge is 2.22. The van der Waals surface area contributed by atoms with Crippen LogP contribution in [0.5, 0.6) is 5.75 Å². The van der Waals surface area contributed by atoms with E-state index in [4.69, 9.17) is 5.11 Å². The lowest BCUT2D eigenvalue weighted by molar-refractivity contribution is 0.474. The molecule has 0 spiro atoms. The molecule has 2 rings (SSSR count). The SMILES string of the molecule is CC(Cc1ccc(O)cc1)NC1CC1. The minimum Gasteiger partial charge on any atom is -0.508 e. The van der Waals surface area contributed by atoms with E-state index in [0.717, 1.165) is 12.5 Å². The van der Waals surface area contributed by atoms with Crippen molar-refractivity contribution in [3.05, 3.63) is 29.8 Å². The van der Waals surface area contributed by atoms with Gasteiger partial charge in [0, 0.05) is 12.1 Å². The lowest BCUT2D eigenvalue weighted by Gasteiger charge is -2.12. The maximum Gasteiger partial charge on any atom is 0.115 e. The van der Waals surface area contributed by atoms with E-state index in [1.807, 2.05) is 12.1 Å². The molecule has 0 bridgehead atoms. The van der Waals surface area contributed by atoms with Crippen LogP contribution in [0.25, 0.3) is 0 Å². The van der Waals surface area contributed by atoms with Crippen molar-refractivity contribution >= 4 is 0 Å². The van der Waals surface area contributed by atoms with E-state index in [9.17, 15) is 0 Å². The van der Waals surface area contributed by atoms with Crippen molar-refractivity contribution < 1.29 is 5.11 Å². The van der Waals surface area contributed by atoms with Gasteiger partial charge in [0.25, 0.3) is 0 Å². The average molecular weight is 191 g/mol. The number of aromatic hydroxyl groups is 1. The van der Waals surface area contributed by atoms with E-state index in [0.29, 0.717) is 11.8 Å². The van der Waals surface area contributed by atoms with Crippen molar-refractivity contribution in [1.29, 1.82) is 0 Å². The predicted octanol–water partition coefficient (Wildman–Crippen LogP) is 2.08. The highest BCUT2D eigenvalue weighted by atomic mass is 16.3. The van der Waals surface area contributed by atoms with E-state index < -0.39 is 0 Å². The van der Waals surface area contributed by atoms with Gasteiger partial charge in [0.15, 0.2) is 0 Å². The smallest absolute Gasteiger partial charge is 0.115 e. The molecule has 0 saturated heterocycles. The van der Waals surface area contributed by atoms with Crippen molar-refractivity contribution in [2.24, 2.45) is 0 Å². The van der Waals surface area contributed by atoms with Crippen LogP contribution in [0.15, 0.2) is 24.3 Å². The number of hydrogen-bond donors (Lipinski definition) is 2. The maximum absolute atomic E-state index is 9.13. The number of benzene rings is 1. The molecule has 1 atom stereocenters. The summed E-state index contributed by atoms with van der Waals surface area (Å²) in [6.45, 7) is 2.21. The topological polar surface area (TPSA) is 32.3 Å². The normalized spacial score (nSPS) is 18.1. The Bertz CT molecular complexity index is 290. The summed E-state index contributed by atoms with van der Waals surface area (Å²) < 4.78 is 0. The third-order valence-electron chi connectivity index (χ3n) is 2.58. The molecule has 1 aliphatic rings. The Morgan fingerprint density at radius 1 is 1.36 bits per heavy atom. The van der Waals surface area contributed by atoms with Gasteiger partial charge in [-0.2, -0.15) is 0 Å². The van der Waals surface area contributed by atoms with Crippen LogP contribution in [0.4, 0.5) is 0 Å². The fourth-order valence-electron chi connectivity index (χ4n) is 1.70. The van der Waals surface area contributed by atoms with E-state index in [1.165, 1.54) is 18.4 Å². The Morgan fingerprint density at radius 3 is 2.57 bits per heavy atom. The summed E-state index contributed by atoms with van der Waals surface area (Å²) in [5.74, 6) is 0.344. The van der Waals surface area contributed by atoms with Crippen LogP contribution >= 0.6 is 0 Å². The molecule has 0 aliphatic heterocycles. The summed E-state index contributed by atoms with van der Waals surface area (Å²) in [7, 11) is 0. The van der Waals surface area contributed by atoms with Crippen LogP contribution in [0.3, 0.4) is 0 Å². The van der Waals surface area contributed by atoms with Gasteiger partial charge in [-0.05, 0) is 43.9 Å². The van der Waals surface area contributed by atoms with Gasteiger partial charge in [0.2, 0.25) is 0 Å². The fraction of sp³-hybridized carbons (Fsp3) is 0.500. The highest BCUT2D eigenvalue weighted by molar-refractivity contribution is 5.26. The second-order valence-electron chi connectivity index (χ2n) is 4.21. The molecule has 0 aromatic heterocycles. The number of rotatable bonds is 4. The van der Waals surface area contributed by atoms with Crippen LogP contribution in [0, 0.1) is 0 Å². The second-order valence-corrected chi connectivity index (χ2v) is 4.21. The van der Waals surface area contributed by atoms with Gasteiger partial charge in [0.05, 0.1) is 0 Å². The zero-order valence-electron chi connectivity index (χ0n) is 8.53. The van der Waals surface area contributed by atoms with E-state index >= 15 is 0 Å². The average Bonchev–Trinajstić information content (AvgIpc) is 2.93. The monoisotopic (exact) mass is 191 g/mol.